The van der Waals surface area contributed by atoms with Crippen LogP contribution in [0.2, 0.25) is 0 Å². The summed E-state index contributed by atoms with van der Waals surface area (Å²) in [5.41, 5.74) is 0.492. The number of hydrogen-bond acceptors (Lipinski definition) is 6. The standard InChI is InChI=1S/C21H28N2O5.C9H19NO/c1-3-21(8-10-23-9-4-5-18(23)24)19(20(25)26)15(12-22(21)2)14-6-7-16-17(11-14)28-13-27-16;1-3-5-7-10(9-11)8-6-4-2/h6-7,11,15,19H,3-5,8-10,12-13H2,1-2H3,(H,25,26);9H,3-8H2,1-2H3/t15-,19+,21+;/m1./s1. The number of carboxylic acids is 1. The lowest BCUT2D eigenvalue weighted by Crippen LogP contribution is -2.50. The van der Waals surface area contributed by atoms with E-state index in [0.717, 1.165) is 70.1 Å². The van der Waals surface area contributed by atoms with Crippen LogP contribution in [0.5, 0.6) is 11.5 Å². The second-order valence-electron chi connectivity index (χ2n) is 11.0. The number of nitrogens with zero attached hydrogens (tertiary/aromatic N) is 3. The van der Waals surface area contributed by atoms with Gasteiger partial charge in [-0.05, 0) is 56.8 Å². The maximum Gasteiger partial charge on any atom is 0.309 e. The van der Waals surface area contributed by atoms with E-state index in [1.807, 2.05) is 35.0 Å². The number of carboxylic acid groups (broad SMARTS) is 1. The predicted octanol–water partition coefficient (Wildman–Crippen LogP) is 4.35. The van der Waals surface area contributed by atoms with Crippen LogP contribution < -0.4 is 9.47 Å². The minimum Gasteiger partial charge on any atom is -0.481 e. The van der Waals surface area contributed by atoms with E-state index >= 15 is 0 Å². The van der Waals surface area contributed by atoms with Crippen molar-refractivity contribution >= 4 is 18.3 Å². The quantitative estimate of drug-likeness (QED) is 0.368. The van der Waals surface area contributed by atoms with Crippen molar-refractivity contribution in [2.75, 3.05) is 46.6 Å². The van der Waals surface area contributed by atoms with Gasteiger partial charge in [0.25, 0.3) is 0 Å². The largest absolute Gasteiger partial charge is 0.481 e. The SMILES string of the molecule is CCCCN(C=O)CCCC.CC[C@]1(CCN2CCCC2=O)[C@H](C(=O)O)[C@@H](c2ccc3c(c2)OCO3)CN1C. The number of benzene rings is 1. The molecule has 218 valence electrons. The van der Waals surface area contributed by atoms with Crippen molar-refractivity contribution < 1.29 is 29.0 Å². The number of carbonyl (C=O) groups is 3. The van der Waals surface area contributed by atoms with Crippen molar-refractivity contribution in [3.63, 3.8) is 0 Å². The molecule has 0 unspecified atom stereocenters. The van der Waals surface area contributed by atoms with E-state index in [1.54, 1.807) is 0 Å². The molecule has 3 atom stereocenters. The summed E-state index contributed by atoms with van der Waals surface area (Å²) in [7, 11) is 2.01. The number of amides is 2. The number of ether oxygens (including phenoxy) is 2. The first-order valence-electron chi connectivity index (χ1n) is 14.6. The number of aliphatic carboxylic acids is 1. The van der Waals surface area contributed by atoms with Crippen LogP contribution in [0.4, 0.5) is 0 Å². The normalized spacial score (nSPS) is 24.0. The fraction of sp³-hybridized carbons (Fsp3) is 0.700. The van der Waals surface area contributed by atoms with Crippen molar-refractivity contribution in [1.82, 2.24) is 14.7 Å². The molecular weight excluding hydrogens is 498 g/mol. The molecule has 0 aromatic heterocycles. The van der Waals surface area contributed by atoms with Crippen molar-refractivity contribution in [3.8, 4) is 11.5 Å². The molecule has 39 heavy (non-hydrogen) atoms. The van der Waals surface area contributed by atoms with Crippen LogP contribution in [-0.4, -0.2) is 90.2 Å². The monoisotopic (exact) mass is 545 g/mol. The molecule has 9 nitrogen and oxygen atoms in total. The van der Waals surface area contributed by atoms with E-state index in [1.165, 1.54) is 0 Å². The molecule has 0 spiro atoms. The molecule has 9 heteroatoms. The van der Waals surface area contributed by atoms with Gasteiger partial charge in [0, 0.05) is 50.6 Å². The van der Waals surface area contributed by atoms with Gasteiger partial charge < -0.3 is 24.4 Å². The molecule has 0 saturated carbocycles. The maximum atomic E-state index is 12.4. The third-order valence-corrected chi connectivity index (χ3v) is 8.65. The Kier molecular flexibility index (Phi) is 11.5. The molecule has 0 radical (unpaired) electrons. The second-order valence-corrected chi connectivity index (χ2v) is 11.0. The number of unbranched alkanes of at least 4 members (excludes halogenated alkanes) is 2. The van der Waals surface area contributed by atoms with Crippen molar-refractivity contribution in [2.45, 2.75) is 83.6 Å². The molecule has 3 aliphatic heterocycles. The summed E-state index contributed by atoms with van der Waals surface area (Å²) in [5, 5.41) is 10.2. The molecule has 4 rings (SSSR count). The lowest BCUT2D eigenvalue weighted by atomic mass is 9.73. The molecule has 0 aliphatic carbocycles. The van der Waals surface area contributed by atoms with Crippen LogP contribution in [0.1, 0.15) is 83.6 Å². The third-order valence-electron chi connectivity index (χ3n) is 8.65. The van der Waals surface area contributed by atoms with E-state index in [9.17, 15) is 19.5 Å². The summed E-state index contributed by atoms with van der Waals surface area (Å²) in [6, 6.07) is 5.75. The molecule has 2 fully saturated rings. The molecule has 1 aromatic rings. The Balaban J connectivity index is 0.000000325. The predicted molar refractivity (Wildman–Crippen MR) is 150 cm³/mol. The van der Waals surface area contributed by atoms with Gasteiger partial charge in [-0.3, -0.25) is 19.3 Å². The second kappa shape index (κ2) is 14.5. The average molecular weight is 546 g/mol. The minimum absolute atomic E-state index is 0.133. The maximum absolute atomic E-state index is 12.4. The topological polar surface area (TPSA) is 99.6 Å². The molecule has 3 aliphatic rings. The van der Waals surface area contributed by atoms with Crippen LogP contribution in [0.25, 0.3) is 0 Å². The summed E-state index contributed by atoms with van der Waals surface area (Å²) < 4.78 is 10.9. The van der Waals surface area contributed by atoms with Gasteiger partial charge >= 0.3 is 5.97 Å². The van der Waals surface area contributed by atoms with Gasteiger partial charge in [0.15, 0.2) is 11.5 Å². The Morgan fingerprint density at radius 1 is 1.15 bits per heavy atom. The third kappa shape index (κ3) is 7.24. The molecule has 0 bridgehead atoms. The highest BCUT2D eigenvalue weighted by molar-refractivity contribution is 5.78. The van der Waals surface area contributed by atoms with E-state index < -0.39 is 17.4 Å². The van der Waals surface area contributed by atoms with Crippen LogP contribution >= 0.6 is 0 Å². The first-order valence-corrected chi connectivity index (χ1v) is 14.6. The van der Waals surface area contributed by atoms with Crippen LogP contribution in [0.15, 0.2) is 18.2 Å². The molecule has 3 heterocycles. The van der Waals surface area contributed by atoms with E-state index in [2.05, 4.69) is 25.7 Å². The van der Waals surface area contributed by atoms with Crippen LogP contribution in [-0.2, 0) is 14.4 Å². The average Bonchev–Trinajstić information content (AvgIpc) is 3.65. The number of likely N-dealkylation sites (tertiary alicyclic amines) is 2. The minimum atomic E-state index is -0.776. The van der Waals surface area contributed by atoms with Crippen molar-refractivity contribution in [3.05, 3.63) is 23.8 Å². The Labute approximate surface area is 233 Å². The van der Waals surface area contributed by atoms with Gasteiger partial charge in [0.05, 0.1) is 5.92 Å². The van der Waals surface area contributed by atoms with E-state index in [0.29, 0.717) is 37.4 Å². The zero-order valence-electron chi connectivity index (χ0n) is 24.2. The molecular formula is C30H47N3O6. The fourth-order valence-corrected chi connectivity index (χ4v) is 6.26. The Bertz CT molecular complexity index is 964. The first-order chi connectivity index (χ1) is 18.8. The number of rotatable bonds is 13. The number of hydrogen-bond donors (Lipinski definition) is 1. The lowest BCUT2D eigenvalue weighted by Gasteiger charge is -2.40. The number of carbonyl (C=O) groups excluding carboxylic acids is 2. The highest BCUT2D eigenvalue weighted by atomic mass is 16.7. The van der Waals surface area contributed by atoms with Crippen molar-refractivity contribution in [2.24, 2.45) is 5.92 Å². The molecule has 1 aromatic carbocycles. The summed E-state index contributed by atoms with van der Waals surface area (Å²) in [6.07, 6.45) is 8.45. The molecule has 2 saturated heterocycles. The highest BCUT2D eigenvalue weighted by Gasteiger charge is 2.55. The molecule has 1 N–H and O–H groups in total. The highest BCUT2D eigenvalue weighted by Crippen LogP contribution is 2.49. The zero-order valence-corrected chi connectivity index (χ0v) is 24.2. The van der Waals surface area contributed by atoms with E-state index in [-0.39, 0.29) is 18.6 Å². The zero-order chi connectivity index (χ0) is 28.4. The number of fused-ring (bicyclic) bond motifs is 1. The van der Waals surface area contributed by atoms with Gasteiger partial charge in [-0.1, -0.05) is 39.7 Å². The van der Waals surface area contributed by atoms with Crippen molar-refractivity contribution in [1.29, 1.82) is 0 Å². The van der Waals surface area contributed by atoms with Gasteiger partial charge in [-0.2, -0.15) is 0 Å². The van der Waals surface area contributed by atoms with Gasteiger partial charge in [-0.25, -0.2) is 0 Å². The lowest BCUT2D eigenvalue weighted by molar-refractivity contribution is -0.145. The Hall–Kier alpha value is -2.81. The van der Waals surface area contributed by atoms with Gasteiger partial charge in [0.2, 0.25) is 19.1 Å². The smallest absolute Gasteiger partial charge is 0.309 e. The summed E-state index contributed by atoms with van der Waals surface area (Å²) in [5.74, 6) is 0.122. The van der Waals surface area contributed by atoms with Crippen LogP contribution in [0, 0.1) is 5.92 Å². The van der Waals surface area contributed by atoms with Gasteiger partial charge in [-0.15, -0.1) is 0 Å². The Morgan fingerprint density at radius 2 is 1.85 bits per heavy atom. The van der Waals surface area contributed by atoms with Crippen LogP contribution in [0.3, 0.4) is 0 Å². The fourth-order valence-electron chi connectivity index (χ4n) is 6.26. The van der Waals surface area contributed by atoms with Gasteiger partial charge in [0.1, 0.15) is 0 Å². The Morgan fingerprint density at radius 3 is 2.41 bits per heavy atom. The van der Waals surface area contributed by atoms with E-state index in [4.69, 9.17) is 9.47 Å². The molecule has 2 amide bonds. The summed E-state index contributed by atoms with van der Waals surface area (Å²) in [6.45, 7) is 10.5. The first kappa shape index (κ1) is 30.7. The summed E-state index contributed by atoms with van der Waals surface area (Å²) >= 11 is 0. The summed E-state index contributed by atoms with van der Waals surface area (Å²) in [4.78, 5) is 40.9. The number of likely N-dealkylation sites (N-methyl/N-ethyl adjacent to an activating group) is 1.